The lowest BCUT2D eigenvalue weighted by atomic mass is 9.98. The van der Waals surface area contributed by atoms with Gasteiger partial charge in [0.1, 0.15) is 5.69 Å². The van der Waals surface area contributed by atoms with Crippen molar-refractivity contribution in [3.05, 3.63) is 32.8 Å². The molecule has 2 N–H and O–H groups in total. The van der Waals surface area contributed by atoms with Crippen molar-refractivity contribution in [2.75, 3.05) is 23.7 Å². The van der Waals surface area contributed by atoms with Gasteiger partial charge in [-0.3, -0.25) is 10.1 Å². The van der Waals surface area contributed by atoms with Crippen LogP contribution in [0.15, 0.2) is 12.1 Å². The van der Waals surface area contributed by atoms with Crippen LogP contribution in [0.3, 0.4) is 0 Å². The lowest BCUT2D eigenvalue weighted by Gasteiger charge is -2.33. The number of anilines is 1. The highest BCUT2D eigenvalue weighted by Crippen LogP contribution is 2.42. The van der Waals surface area contributed by atoms with Gasteiger partial charge in [0.2, 0.25) is 10.0 Å². The van der Waals surface area contributed by atoms with E-state index >= 15 is 0 Å². The van der Waals surface area contributed by atoms with Crippen LogP contribution >= 0.6 is 11.6 Å². The van der Waals surface area contributed by atoms with Gasteiger partial charge in [0.25, 0.3) is 5.69 Å². The van der Waals surface area contributed by atoms with Crippen LogP contribution in [0.25, 0.3) is 0 Å². The Morgan fingerprint density at radius 2 is 1.88 bits per heavy atom. The van der Waals surface area contributed by atoms with E-state index in [9.17, 15) is 31.7 Å². The summed E-state index contributed by atoms with van der Waals surface area (Å²) in [5.41, 5.74) is -1.98. The molecule has 25 heavy (non-hydrogen) atoms. The molecule has 1 heterocycles. The molecule has 0 unspecified atom stereocenters. The zero-order valence-electron chi connectivity index (χ0n) is 12.8. The van der Waals surface area contributed by atoms with Crippen LogP contribution in [-0.2, 0) is 16.2 Å². The molecule has 0 aliphatic carbocycles. The molecule has 0 saturated carbocycles. The average Bonchev–Trinajstić information content (AvgIpc) is 2.44. The molecule has 1 aromatic carbocycles. The molecule has 0 aromatic heterocycles. The molecule has 140 valence electrons. The summed E-state index contributed by atoms with van der Waals surface area (Å²) < 4.78 is 60.9. The maximum absolute atomic E-state index is 12.9. The highest BCUT2D eigenvalue weighted by atomic mass is 35.5. The second-order valence-electron chi connectivity index (χ2n) is 5.84. The van der Waals surface area contributed by atoms with Gasteiger partial charge < -0.3 is 4.90 Å². The minimum absolute atomic E-state index is 0.0166. The summed E-state index contributed by atoms with van der Waals surface area (Å²) in [4.78, 5) is 11.8. The summed E-state index contributed by atoms with van der Waals surface area (Å²) >= 11 is 5.66. The summed E-state index contributed by atoms with van der Waals surface area (Å²) in [6, 6.07) is 1.36. The van der Waals surface area contributed by atoms with E-state index < -0.39 is 37.4 Å². The fourth-order valence-corrected chi connectivity index (χ4v) is 4.09. The molecule has 0 spiro atoms. The van der Waals surface area contributed by atoms with Gasteiger partial charge in [-0.05, 0) is 24.8 Å². The number of nitrogens with two attached hydrogens (primary N) is 1. The van der Waals surface area contributed by atoms with E-state index in [0.29, 0.717) is 18.9 Å². The van der Waals surface area contributed by atoms with Crippen molar-refractivity contribution in [3.8, 4) is 0 Å². The third-order valence-electron chi connectivity index (χ3n) is 3.99. The molecule has 1 aliphatic heterocycles. The predicted molar refractivity (Wildman–Crippen MR) is 86.0 cm³/mol. The smallest absolute Gasteiger partial charge is 0.366 e. The van der Waals surface area contributed by atoms with Crippen molar-refractivity contribution in [2.45, 2.75) is 19.0 Å². The first kappa shape index (κ1) is 19.7. The van der Waals surface area contributed by atoms with Gasteiger partial charge >= 0.3 is 6.18 Å². The Balaban J connectivity index is 2.28. The number of nitrogens with zero attached hydrogens (tertiary/aromatic N) is 2. The minimum Gasteiger partial charge on any atom is -0.366 e. The van der Waals surface area contributed by atoms with E-state index in [1.165, 1.54) is 4.90 Å². The number of nitro benzene ring substituents is 1. The minimum atomic E-state index is -4.80. The molecule has 1 aromatic rings. The summed E-state index contributed by atoms with van der Waals surface area (Å²) in [5, 5.41) is 15.6. The van der Waals surface area contributed by atoms with E-state index in [1.54, 1.807) is 0 Å². The number of rotatable bonds is 4. The van der Waals surface area contributed by atoms with Gasteiger partial charge in [0.15, 0.2) is 0 Å². The fraction of sp³-hybridized carbons (Fsp3) is 0.538. The van der Waals surface area contributed by atoms with Gasteiger partial charge in [0, 0.05) is 19.2 Å². The first-order valence-corrected chi connectivity index (χ1v) is 9.28. The lowest BCUT2D eigenvalue weighted by molar-refractivity contribution is -0.384. The van der Waals surface area contributed by atoms with Crippen LogP contribution in [0.1, 0.15) is 18.4 Å². The van der Waals surface area contributed by atoms with Gasteiger partial charge in [-0.1, -0.05) is 11.6 Å². The molecule has 0 bridgehead atoms. The first-order chi connectivity index (χ1) is 11.4. The number of primary sulfonamides is 1. The topological polar surface area (TPSA) is 107 Å². The molecular weight excluding hydrogens is 387 g/mol. The van der Waals surface area contributed by atoms with E-state index in [0.717, 1.165) is 6.07 Å². The monoisotopic (exact) mass is 401 g/mol. The van der Waals surface area contributed by atoms with Crippen LogP contribution < -0.4 is 10.0 Å². The number of alkyl halides is 3. The van der Waals surface area contributed by atoms with Gasteiger partial charge in [-0.2, -0.15) is 13.2 Å². The van der Waals surface area contributed by atoms with Crippen molar-refractivity contribution < 1.29 is 26.5 Å². The third-order valence-corrected chi connectivity index (χ3v) is 5.24. The van der Waals surface area contributed by atoms with E-state index in [1.807, 2.05) is 0 Å². The fourth-order valence-electron chi connectivity index (χ4n) is 2.84. The summed E-state index contributed by atoms with van der Waals surface area (Å²) in [6.07, 6.45) is -4.01. The Morgan fingerprint density at radius 3 is 2.32 bits per heavy atom. The Morgan fingerprint density at radius 1 is 1.32 bits per heavy atom. The van der Waals surface area contributed by atoms with Gasteiger partial charge in [-0.25, -0.2) is 13.6 Å². The number of halogens is 4. The molecule has 1 fully saturated rings. The standard InChI is InChI=1S/C13H15ClF3N3O4S/c14-10-6-11(12(20(21)22)5-9(10)13(15,16)17)19-3-1-8(2-4-19)7-25(18,23)24/h5-6,8H,1-4,7H2,(H2,18,23,24). The van der Waals surface area contributed by atoms with E-state index in [4.69, 9.17) is 16.7 Å². The van der Waals surface area contributed by atoms with E-state index in [2.05, 4.69) is 0 Å². The van der Waals surface area contributed by atoms with Gasteiger partial charge in [-0.15, -0.1) is 0 Å². The highest BCUT2D eigenvalue weighted by Gasteiger charge is 2.37. The Kier molecular flexibility index (Phi) is 5.50. The lowest BCUT2D eigenvalue weighted by Crippen LogP contribution is -2.37. The largest absolute Gasteiger partial charge is 0.418 e. The quantitative estimate of drug-likeness (QED) is 0.616. The number of sulfonamides is 1. The molecule has 0 amide bonds. The van der Waals surface area contributed by atoms with E-state index in [-0.39, 0.29) is 30.4 Å². The number of piperidine rings is 1. The highest BCUT2D eigenvalue weighted by molar-refractivity contribution is 7.89. The molecule has 0 radical (unpaired) electrons. The molecule has 12 heteroatoms. The molecular formula is C13H15ClF3N3O4S. The molecule has 7 nitrogen and oxygen atoms in total. The summed E-state index contributed by atoms with van der Waals surface area (Å²) in [7, 11) is -3.63. The molecule has 1 saturated heterocycles. The van der Waals surface area contributed by atoms with Crippen LogP contribution in [0.2, 0.25) is 5.02 Å². The zero-order chi connectivity index (χ0) is 19.0. The Hall–Kier alpha value is -1.59. The molecule has 1 aliphatic rings. The zero-order valence-corrected chi connectivity index (χ0v) is 14.4. The van der Waals surface area contributed by atoms with Crippen LogP contribution in [0.4, 0.5) is 24.5 Å². The molecule has 0 atom stereocenters. The maximum atomic E-state index is 12.9. The van der Waals surface area contributed by atoms with Crippen LogP contribution in [0.5, 0.6) is 0 Å². The number of hydrogen-bond donors (Lipinski definition) is 1. The Bertz CT molecular complexity index is 777. The van der Waals surface area contributed by atoms with Crippen molar-refractivity contribution >= 4 is 33.0 Å². The Labute approximate surface area is 146 Å². The van der Waals surface area contributed by atoms with Crippen molar-refractivity contribution in [3.63, 3.8) is 0 Å². The number of hydrogen-bond acceptors (Lipinski definition) is 5. The normalized spacial score (nSPS) is 16.9. The van der Waals surface area contributed by atoms with Crippen LogP contribution in [-0.4, -0.2) is 32.2 Å². The van der Waals surface area contributed by atoms with Crippen molar-refractivity contribution in [2.24, 2.45) is 11.1 Å². The van der Waals surface area contributed by atoms with Crippen molar-refractivity contribution in [1.29, 1.82) is 0 Å². The second-order valence-corrected chi connectivity index (χ2v) is 7.90. The third kappa shape index (κ3) is 4.95. The number of nitro groups is 1. The first-order valence-electron chi connectivity index (χ1n) is 7.19. The van der Waals surface area contributed by atoms with Crippen molar-refractivity contribution in [1.82, 2.24) is 0 Å². The maximum Gasteiger partial charge on any atom is 0.418 e. The SMILES string of the molecule is NS(=O)(=O)CC1CCN(c2cc(Cl)c(C(F)(F)F)cc2[N+](=O)[O-])CC1. The molecule has 2 rings (SSSR count). The summed E-state index contributed by atoms with van der Waals surface area (Å²) in [6.45, 7) is 0.505. The van der Waals surface area contributed by atoms with Crippen LogP contribution in [0, 0.1) is 16.0 Å². The predicted octanol–water partition coefficient (Wildman–Crippen LogP) is 2.77. The second kappa shape index (κ2) is 6.96. The van der Waals surface area contributed by atoms with Gasteiger partial charge in [0.05, 0.1) is 21.3 Å². The summed E-state index contributed by atoms with van der Waals surface area (Å²) in [5.74, 6) is -0.397. The number of benzene rings is 1. The average molecular weight is 402 g/mol.